The van der Waals surface area contributed by atoms with Crippen LogP contribution in [0.5, 0.6) is 0 Å². The standard InChI is InChI=1S/C26H24N2O4/c1-18(19-9-3-2-4-10-19)15-27-24(29)17-32-25(30)16-28-22-13-7-5-11-20(22)26(31)21-12-6-8-14-23(21)28/h2-14,18H,15-17H2,1H3,(H,27,29). The Morgan fingerprint density at radius 2 is 1.44 bits per heavy atom. The molecule has 1 amide bonds. The quantitative estimate of drug-likeness (QED) is 0.360. The van der Waals surface area contributed by atoms with E-state index in [1.54, 1.807) is 41.0 Å². The largest absolute Gasteiger partial charge is 0.454 e. The van der Waals surface area contributed by atoms with Crippen LogP contribution in [0, 0.1) is 0 Å². The van der Waals surface area contributed by atoms with Crippen LogP contribution in [0.3, 0.4) is 0 Å². The average molecular weight is 428 g/mol. The Labute approximate surface area is 185 Å². The Morgan fingerprint density at radius 1 is 0.875 bits per heavy atom. The van der Waals surface area contributed by atoms with E-state index in [4.69, 9.17) is 4.74 Å². The van der Waals surface area contributed by atoms with E-state index in [0.717, 1.165) is 5.56 Å². The van der Waals surface area contributed by atoms with Crippen LogP contribution in [-0.2, 0) is 20.9 Å². The summed E-state index contributed by atoms with van der Waals surface area (Å²) in [6.07, 6.45) is 0. The zero-order valence-corrected chi connectivity index (χ0v) is 17.8. The van der Waals surface area contributed by atoms with Gasteiger partial charge < -0.3 is 14.6 Å². The van der Waals surface area contributed by atoms with Gasteiger partial charge in [-0.25, -0.2) is 0 Å². The highest BCUT2D eigenvalue weighted by Gasteiger charge is 2.15. The van der Waals surface area contributed by atoms with Crippen LogP contribution in [0.15, 0.2) is 83.7 Å². The molecular weight excluding hydrogens is 404 g/mol. The summed E-state index contributed by atoms with van der Waals surface area (Å²) in [4.78, 5) is 37.5. The van der Waals surface area contributed by atoms with Gasteiger partial charge in [0, 0.05) is 17.3 Å². The predicted octanol–water partition coefficient (Wildman–Crippen LogP) is 3.62. The highest BCUT2D eigenvalue weighted by molar-refractivity contribution is 5.94. The number of ether oxygens (including phenoxy) is 1. The first-order valence-corrected chi connectivity index (χ1v) is 10.5. The summed E-state index contributed by atoms with van der Waals surface area (Å²) in [6, 6.07) is 24.2. The van der Waals surface area contributed by atoms with Gasteiger partial charge in [0.15, 0.2) is 12.0 Å². The van der Waals surface area contributed by atoms with E-state index in [2.05, 4.69) is 5.32 Å². The minimum absolute atomic E-state index is 0.0762. The molecule has 6 heteroatoms. The Balaban J connectivity index is 1.42. The maximum atomic E-state index is 12.8. The molecule has 1 atom stereocenters. The van der Waals surface area contributed by atoms with Crippen molar-refractivity contribution < 1.29 is 14.3 Å². The second-order valence-corrected chi connectivity index (χ2v) is 7.73. The van der Waals surface area contributed by atoms with Gasteiger partial charge in [0.25, 0.3) is 5.91 Å². The minimum Gasteiger partial charge on any atom is -0.454 e. The lowest BCUT2D eigenvalue weighted by atomic mass is 10.0. The maximum Gasteiger partial charge on any atom is 0.326 e. The number of nitrogens with one attached hydrogen (secondary N) is 1. The molecule has 0 saturated carbocycles. The number of hydrogen-bond donors (Lipinski definition) is 1. The van der Waals surface area contributed by atoms with Gasteiger partial charge in [-0.2, -0.15) is 0 Å². The van der Waals surface area contributed by atoms with Gasteiger partial charge >= 0.3 is 5.97 Å². The molecule has 0 aliphatic rings. The maximum absolute atomic E-state index is 12.8. The molecule has 4 rings (SSSR count). The monoisotopic (exact) mass is 428 g/mol. The van der Waals surface area contributed by atoms with Crippen molar-refractivity contribution in [3.05, 3.63) is 94.6 Å². The molecule has 0 fully saturated rings. The number of aromatic nitrogens is 1. The van der Waals surface area contributed by atoms with Gasteiger partial charge in [-0.05, 0) is 35.7 Å². The summed E-state index contributed by atoms with van der Waals surface area (Å²) in [5.41, 5.74) is 2.35. The highest BCUT2D eigenvalue weighted by atomic mass is 16.5. The summed E-state index contributed by atoms with van der Waals surface area (Å²) >= 11 is 0. The fourth-order valence-electron chi connectivity index (χ4n) is 3.79. The number of pyridine rings is 1. The summed E-state index contributed by atoms with van der Waals surface area (Å²) in [6.45, 7) is 2.02. The van der Waals surface area contributed by atoms with Crippen LogP contribution < -0.4 is 10.7 Å². The van der Waals surface area contributed by atoms with Crippen molar-refractivity contribution in [2.45, 2.75) is 19.4 Å². The van der Waals surface area contributed by atoms with Crippen LogP contribution in [0.2, 0.25) is 0 Å². The molecule has 0 spiro atoms. The van der Waals surface area contributed by atoms with Crippen LogP contribution >= 0.6 is 0 Å². The number of fused-ring (bicyclic) bond motifs is 2. The van der Waals surface area contributed by atoms with Gasteiger partial charge in [0.05, 0.1) is 11.0 Å². The molecule has 1 N–H and O–H groups in total. The summed E-state index contributed by atoms with van der Waals surface area (Å²) < 4.78 is 6.98. The lowest BCUT2D eigenvalue weighted by Gasteiger charge is -2.15. The summed E-state index contributed by atoms with van der Waals surface area (Å²) in [7, 11) is 0. The third-order valence-corrected chi connectivity index (χ3v) is 5.50. The first-order valence-electron chi connectivity index (χ1n) is 10.5. The van der Waals surface area contributed by atoms with E-state index >= 15 is 0 Å². The summed E-state index contributed by atoms with van der Waals surface area (Å²) in [5.74, 6) is -0.749. The molecule has 0 aliphatic carbocycles. The average Bonchev–Trinajstić information content (AvgIpc) is 2.84. The molecule has 6 nitrogen and oxygen atoms in total. The predicted molar refractivity (Wildman–Crippen MR) is 125 cm³/mol. The zero-order chi connectivity index (χ0) is 22.5. The smallest absolute Gasteiger partial charge is 0.326 e. The van der Waals surface area contributed by atoms with Crippen LogP contribution in [0.1, 0.15) is 18.4 Å². The molecule has 0 bridgehead atoms. The van der Waals surface area contributed by atoms with E-state index in [-0.39, 0.29) is 30.4 Å². The van der Waals surface area contributed by atoms with E-state index in [1.165, 1.54) is 0 Å². The first-order chi connectivity index (χ1) is 15.5. The van der Waals surface area contributed by atoms with Crippen molar-refractivity contribution in [2.75, 3.05) is 13.2 Å². The van der Waals surface area contributed by atoms with E-state index < -0.39 is 5.97 Å². The number of hydrogen-bond acceptors (Lipinski definition) is 4. The number of benzene rings is 3. The number of esters is 1. The lowest BCUT2D eigenvalue weighted by Crippen LogP contribution is -2.32. The van der Waals surface area contributed by atoms with E-state index in [0.29, 0.717) is 28.4 Å². The van der Waals surface area contributed by atoms with Crippen LogP contribution in [-0.4, -0.2) is 29.6 Å². The Hall–Kier alpha value is -3.93. The Bertz CT molecular complexity index is 1270. The molecule has 162 valence electrons. The summed E-state index contributed by atoms with van der Waals surface area (Å²) in [5, 5.41) is 3.87. The fraction of sp³-hybridized carbons (Fsp3) is 0.192. The lowest BCUT2D eigenvalue weighted by molar-refractivity contribution is -0.149. The minimum atomic E-state index is -0.546. The van der Waals surface area contributed by atoms with E-state index in [9.17, 15) is 14.4 Å². The van der Waals surface area contributed by atoms with Crippen molar-refractivity contribution in [1.82, 2.24) is 9.88 Å². The molecule has 1 heterocycles. The Kier molecular flexibility index (Phi) is 6.31. The molecular formula is C26H24N2O4. The molecule has 4 aromatic rings. The second-order valence-electron chi connectivity index (χ2n) is 7.73. The number of carbonyl (C=O) groups excluding carboxylic acids is 2. The fourth-order valence-corrected chi connectivity index (χ4v) is 3.79. The number of nitrogens with zero attached hydrogens (tertiary/aromatic N) is 1. The van der Waals surface area contributed by atoms with Crippen molar-refractivity contribution in [3.63, 3.8) is 0 Å². The molecule has 1 aromatic heterocycles. The highest BCUT2D eigenvalue weighted by Crippen LogP contribution is 2.19. The first kappa shape index (κ1) is 21.3. The zero-order valence-electron chi connectivity index (χ0n) is 17.8. The van der Waals surface area contributed by atoms with Gasteiger partial charge in [0.1, 0.15) is 6.54 Å². The number of para-hydroxylation sites is 2. The third-order valence-electron chi connectivity index (χ3n) is 5.50. The van der Waals surface area contributed by atoms with E-state index in [1.807, 2.05) is 49.4 Å². The normalized spacial score (nSPS) is 11.9. The second kappa shape index (κ2) is 9.47. The SMILES string of the molecule is CC(CNC(=O)COC(=O)Cn1c2ccccc2c(=O)c2ccccc21)c1ccccc1. The molecule has 32 heavy (non-hydrogen) atoms. The number of rotatable bonds is 7. The van der Waals surface area contributed by atoms with Crippen LogP contribution in [0.25, 0.3) is 21.8 Å². The van der Waals surface area contributed by atoms with Gasteiger partial charge in [-0.3, -0.25) is 14.4 Å². The molecule has 0 saturated heterocycles. The van der Waals surface area contributed by atoms with Gasteiger partial charge in [-0.15, -0.1) is 0 Å². The van der Waals surface area contributed by atoms with Crippen molar-refractivity contribution >= 4 is 33.7 Å². The van der Waals surface area contributed by atoms with Crippen molar-refractivity contribution in [3.8, 4) is 0 Å². The molecule has 1 unspecified atom stereocenters. The molecule has 0 aliphatic heterocycles. The van der Waals surface area contributed by atoms with Gasteiger partial charge in [-0.1, -0.05) is 61.5 Å². The number of amides is 1. The molecule has 3 aromatic carbocycles. The third kappa shape index (κ3) is 4.54. The van der Waals surface area contributed by atoms with Crippen molar-refractivity contribution in [2.24, 2.45) is 0 Å². The van der Waals surface area contributed by atoms with Gasteiger partial charge in [0.2, 0.25) is 0 Å². The molecule has 0 radical (unpaired) electrons. The Morgan fingerprint density at radius 3 is 2.06 bits per heavy atom. The van der Waals surface area contributed by atoms with Crippen LogP contribution in [0.4, 0.5) is 0 Å². The topological polar surface area (TPSA) is 77.4 Å². The number of carbonyl (C=O) groups is 2. The van der Waals surface area contributed by atoms with Crippen molar-refractivity contribution in [1.29, 1.82) is 0 Å².